The van der Waals surface area contributed by atoms with E-state index in [0.717, 1.165) is 4.88 Å². The SMILES string of the molecule is CCc1ncc(S(=O)(=O)NC(C)Cc2cccs2)[nH]1. The summed E-state index contributed by atoms with van der Waals surface area (Å²) in [7, 11) is -3.52. The molecular formula is C12H17N3O2S2. The van der Waals surface area contributed by atoms with E-state index in [1.165, 1.54) is 6.20 Å². The van der Waals surface area contributed by atoms with Crippen LogP contribution in [0.25, 0.3) is 0 Å². The van der Waals surface area contributed by atoms with Gasteiger partial charge in [0.15, 0.2) is 5.03 Å². The van der Waals surface area contributed by atoms with Crippen molar-refractivity contribution in [2.24, 2.45) is 0 Å². The van der Waals surface area contributed by atoms with Gasteiger partial charge in [-0.25, -0.2) is 18.1 Å². The summed E-state index contributed by atoms with van der Waals surface area (Å²) in [5.41, 5.74) is 0. The maximum atomic E-state index is 12.1. The van der Waals surface area contributed by atoms with Crippen LogP contribution in [0.5, 0.6) is 0 Å². The molecule has 1 unspecified atom stereocenters. The van der Waals surface area contributed by atoms with Gasteiger partial charge in [0.1, 0.15) is 5.82 Å². The molecule has 0 aliphatic carbocycles. The van der Waals surface area contributed by atoms with Crippen molar-refractivity contribution in [3.05, 3.63) is 34.4 Å². The van der Waals surface area contributed by atoms with Gasteiger partial charge in [-0.05, 0) is 24.8 Å². The second-order valence-electron chi connectivity index (χ2n) is 4.35. The summed E-state index contributed by atoms with van der Waals surface area (Å²) in [4.78, 5) is 7.98. The number of imidazole rings is 1. The van der Waals surface area contributed by atoms with E-state index in [9.17, 15) is 8.42 Å². The third-order valence-corrected chi connectivity index (χ3v) is 5.07. The number of aromatic amines is 1. The molecule has 104 valence electrons. The van der Waals surface area contributed by atoms with Crippen LogP contribution in [-0.4, -0.2) is 24.4 Å². The van der Waals surface area contributed by atoms with Crippen LogP contribution in [0.3, 0.4) is 0 Å². The number of hydrogen-bond donors (Lipinski definition) is 2. The van der Waals surface area contributed by atoms with Crippen molar-refractivity contribution in [2.45, 2.75) is 37.8 Å². The van der Waals surface area contributed by atoms with Gasteiger partial charge in [-0.2, -0.15) is 0 Å². The van der Waals surface area contributed by atoms with E-state index in [1.807, 2.05) is 31.4 Å². The van der Waals surface area contributed by atoms with Crippen LogP contribution in [0.2, 0.25) is 0 Å². The molecule has 0 saturated carbocycles. The Morgan fingerprint density at radius 3 is 2.89 bits per heavy atom. The molecule has 1 atom stereocenters. The standard InChI is InChI=1S/C12H17N3O2S2/c1-3-11-13-8-12(14-11)19(16,17)15-9(2)7-10-5-4-6-18-10/h4-6,8-9,15H,3,7H2,1-2H3,(H,13,14). The molecule has 0 bridgehead atoms. The van der Waals surface area contributed by atoms with Crippen molar-refractivity contribution < 1.29 is 8.42 Å². The maximum absolute atomic E-state index is 12.1. The van der Waals surface area contributed by atoms with Crippen molar-refractivity contribution in [3.63, 3.8) is 0 Å². The Morgan fingerprint density at radius 1 is 1.53 bits per heavy atom. The Balaban J connectivity index is 2.04. The largest absolute Gasteiger partial charge is 0.332 e. The highest BCUT2D eigenvalue weighted by Crippen LogP contribution is 2.13. The lowest BCUT2D eigenvalue weighted by atomic mass is 10.2. The summed E-state index contributed by atoms with van der Waals surface area (Å²) in [5, 5.41) is 2.11. The fourth-order valence-corrected chi connectivity index (χ4v) is 3.78. The smallest absolute Gasteiger partial charge is 0.257 e. The van der Waals surface area contributed by atoms with Crippen molar-refractivity contribution in [1.82, 2.24) is 14.7 Å². The number of aromatic nitrogens is 2. The van der Waals surface area contributed by atoms with Crippen LogP contribution in [0.4, 0.5) is 0 Å². The zero-order chi connectivity index (χ0) is 13.9. The van der Waals surface area contributed by atoms with Gasteiger partial charge in [-0.1, -0.05) is 13.0 Å². The summed E-state index contributed by atoms with van der Waals surface area (Å²) in [6.45, 7) is 3.77. The minimum atomic E-state index is -3.52. The Kier molecular flexibility index (Phi) is 4.38. The highest BCUT2D eigenvalue weighted by molar-refractivity contribution is 7.89. The number of sulfonamides is 1. The first-order valence-corrected chi connectivity index (χ1v) is 8.46. The van der Waals surface area contributed by atoms with Crippen LogP contribution >= 0.6 is 11.3 Å². The molecule has 0 aliphatic heterocycles. The molecular weight excluding hydrogens is 282 g/mol. The first kappa shape index (κ1) is 14.2. The highest BCUT2D eigenvalue weighted by Gasteiger charge is 2.20. The molecule has 0 saturated heterocycles. The van der Waals surface area contributed by atoms with E-state index < -0.39 is 10.0 Å². The van der Waals surface area contributed by atoms with Gasteiger partial charge in [0.05, 0.1) is 6.20 Å². The van der Waals surface area contributed by atoms with E-state index in [4.69, 9.17) is 0 Å². The van der Waals surface area contributed by atoms with E-state index in [0.29, 0.717) is 18.7 Å². The number of thiophene rings is 1. The van der Waals surface area contributed by atoms with E-state index in [-0.39, 0.29) is 11.1 Å². The molecule has 7 heteroatoms. The number of aryl methyl sites for hydroxylation is 1. The lowest BCUT2D eigenvalue weighted by molar-refractivity contribution is 0.557. The van der Waals surface area contributed by atoms with Crippen LogP contribution in [0.1, 0.15) is 24.5 Å². The van der Waals surface area contributed by atoms with Gasteiger partial charge in [-0.3, -0.25) is 0 Å². The molecule has 0 amide bonds. The van der Waals surface area contributed by atoms with Crippen molar-refractivity contribution in [3.8, 4) is 0 Å². The molecule has 2 rings (SSSR count). The molecule has 5 nitrogen and oxygen atoms in total. The lowest BCUT2D eigenvalue weighted by Gasteiger charge is -2.12. The average molecular weight is 299 g/mol. The fourth-order valence-electron chi connectivity index (χ4n) is 1.76. The molecule has 19 heavy (non-hydrogen) atoms. The van der Waals surface area contributed by atoms with E-state index in [2.05, 4.69) is 14.7 Å². The Labute approximate surface area is 117 Å². The summed E-state index contributed by atoms with van der Waals surface area (Å²) >= 11 is 1.63. The first-order chi connectivity index (χ1) is 9.01. The van der Waals surface area contributed by atoms with Crippen LogP contribution in [0.15, 0.2) is 28.7 Å². The average Bonchev–Trinajstić information content (AvgIpc) is 2.97. The van der Waals surface area contributed by atoms with Gasteiger partial charge in [-0.15, -0.1) is 11.3 Å². The number of hydrogen-bond acceptors (Lipinski definition) is 4. The van der Waals surface area contributed by atoms with Crippen molar-refractivity contribution in [2.75, 3.05) is 0 Å². The lowest BCUT2D eigenvalue weighted by Crippen LogP contribution is -2.34. The molecule has 2 aromatic heterocycles. The molecule has 2 aromatic rings. The molecule has 2 N–H and O–H groups in total. The summed E-state index contributed by atoms with van der Waals surface area (Å²) in [5.74, 6) is 0.672. The van der Waals surface area contributed by atoms with Crippen LogP contribution in [0, 0.1) is 0 Å². The van der Waals surface area contributed by atoms with Crippen LogP contribution in [-0.2, 0) is 22.9 Å². The van der Waals surface area contributed by atoms with Gasteiger partial charge < -0.3 is 4.98 Å². The number of rotatable bonds is 6. The van der Waals surface area contributed by atoms with Gasteiger partial charge in [0, 0.05) is 17.3 Å². The summed E-state index contributed by atoms with van der Waals surface area (Å²) in [6.07, 6.45) is 2.73. The minimum absolute atomic E-state index is 0.127. The highest BCUT2D eigenvalue weighted by atomic mass is 32.2. The fraction of sp³-hybridized carbons (Fsp3) is 0.417. The zero-order valence-corrected chi connectivity index (χ0v) is 12.5. The first-order valence-electron chi connectivity index (χ1n) is 6.10. The normalized spacial score (nSPS) is 13.6. The van der Waals surface area contributed by atoms with Gasteiger partial charge in [0.2, 0.25) is 0 Å². The van der Waals surface area contributed by atoms with Crippen LogP contribution < -0.4 is 4.72 Å². The quantitative estimate of drug-likeness (QED) is 0.856. The topological polar surface area (TPSA) is 74.8 Å². The number of nitrogens with one attached hydrogen (secondary N) is 2. The second-order valence-corrected chi connectivity index (χ2v) is 7.07. The molecule has 0 aliphatic rings. The minimum Gasteiger partial charge on any atom is -0.332 e. The third-order valence-electron chi connectivity index (χ3n) is 2.67. The van der Waals surface area contributed by atoms with E-state index in [1.54, 1.807) is 11.3 Å². The van der Waals surface area contributed by atoms with Crippen molar-refractivity contribution in [1.29, 1.82) is 0 Å². The zero-order valence-electron chi connectivity index (χ0n) is 10.9. The monoisotopic (exact) mass is 299 g/mol. The number of H-pyrrole nitrogens is 1. The molecule has 2 heterocycles. The Bertz CT molecular complexity index is 617. The van der Waals surface area contributed by atoms with E-state index >= 15 is 0 Å². The Hall–Kier alpha value is -1.18. The second kappa shape index (κ2) is 5.85. The molecule has 0 radical (unpaired) electrons. The summed E-state index contributed by atoms with van der Waals surface area (Å²) in [6, 6.07) is 3.81. The third kappa shape index (κ3) is 3.65. The Morgan fingerprint density at radius 2 is 2.32 bits per heavy atom. The van der Waals surface area contributed by atoms with Crippen molar-refractivity contribution >= 4 is 21.4 Å². The van der Waals surface area contributed by atoms with Gasteiger partial charge in [0.25, 0.3) is 10.0 Å². The number of nitrogens with zero attached hydrogens (tertiary/aromatic N) is 1. The predicted octanol–water partition coefficient (Wildman–Crippen LogP) is 1.94. The molecule has 0 fully saturated rings. The maximum Gasteiger partial charge on any atom is 0.257 e. The predicted molar refractivity (Wildman–Crippen MR) is 75.8 cm³/mol. The van der Waals surface area contributed by atoms with Gasteiger partial charge >= 0.3 is 0 Å². The molecule has 0 aromatic carbocycles. The summed E-state index contributed by atoms with van der Waals surface area (Å²) < 4.78 is 26.9. The molecule has 0 spiro atoms.